The van der Waals surface area contributed by atoms with Crippen molar-refractivity contribution in [2.45, 2.75) is 71.3 Å². The lowest BCUT2D eigenvalue weighted by Gasteiger charge is -2.48. The normalized spacial score (nSPS) is 28.1. The van der Waals surface area contributed by atoms with E-state index in [1.807, 2.05) is 0 Å². The highest BCUT2D eigenvalue weighted by Crippen LogP contribution is 2.41. The second-order valence-electron chi connectivity index (χ2n) is 10.1. The molecule has 3 fully saturated rings. The first-order valence-electron chi connectivity index (χ1n) is 10.4. The molecule has 1 spiro atoms. The zero-order valence-corrected chi connectivity index (χ0v) is 16.7. The number of hydrogen-bond acceptors (Lipinski definition) is 3. The fourth-order valence-electron chi connectivity index (χ4n) is 4.73. The van der Waals surface area contributed by atoms with Crippen LogP contribution in [0.5, 0.6) is 0 Å². The van der Waals surface area contributed by atoms with Crippen molar-refractivity contribution in [2.75, 3.05) is 26.2 Å². The molecule has 1 unspecified atom stereocenters. The average Bonchev–Trinajstić information content (AvgIpc) is 3.25. The van der Waals surface area contributed by atoms with E-state index in [-0.39, 0.29) is 5.41 Å². The Morgan fingerprint density at radius 2 is 2.08 bits per heavy atom. The molecule has 5 nitrogen and oxygen atoms in total. The molecule has 26 heavy (non-hydrogen) atoms. The van der Waals surface area contributed by atoms with Crippen LogP contribution in [0.2, 0.25) is 0 Å². The number of amides is 1. The standard InChI is InChI=1S/C21H34N4O/c1-20(2,3)18-11-17(22-23-18)13-24-10-4-8-21(14-24)9-7-19(26)25(15-21)12-16-5-6-16/h11,16H,4-10,12-15H2,1-3H3,(H,22,23). The van der Waals surface area contributed by atoms with Gasteiger partial charge >= 0.3 is 0 Å². The summed E-state index contributed by atoms with van der Waals surface area (Å²) in [5.74, 6) is 1.18. The van der Waals surface area contributed by atoms with Gasteiger partial charge in [0.25, 0.3) is 0 Å². The number of aromatic amines is 1. The minimum absolute atomic E-state index is 0.0882. The number of nitrogens with one attached hydrogen (secondary N) is 1. The number of aromatic nitrogens is 2. The molecule has 2 saturated heterocycles. The Kier molecular flexibility index (Phi) is 4.62. The number of carbonyl (C=O) groups is 1. The lowest BCUT2D eigenvalue weighted by Crippen LogP contribution is -2.54. The van der Waals surface area contributed by atoms with Gasteiger partial charge in [-0.3, -0.25) is 14.8 Å². The molecule has 4 rings (SSSR count). The van der Waals surface area contributed by atoms with Gasteiger partial charge in [0.1, 0.15) is 0 Å². The molecule has 1 N–H and O–H groups in total. The molecule has 0 bridgehead atoms. The summed E-state index contributed by atoms with van der Waals surface area (Å²) in [6.07, 6.45) is 6.97. The molecule has 144 valence electrons. The van der Waals surface area contributed by atoms with Gasteiger partial charge in [-0.1, -0.05) is 20.8 Å². The van der Waals surface area contributed by atoms with Crippen LogP contribution in [-0.2, 0) is 16.8 Å². The van der Waals surface area contributed by atoms with Gasteiger partial charge in [-0.25, -0.2) is 0 Å². The summed E-state index contributed by atoms with van der Waals surface area (Å²) in [6, 6.07) is 2.23. The Morgan fingerprint density at radius 3 is 2.77 bits per heavy atom. The summed E-state index contributed by atoms with van der Waals surface area (Å²) in [5, 5.41) is 7.76. The van der Waals surface area contributed by atoms with Crippen LogP contribution in [0.1, 0.15) is 70.7 Å². The number of nitrogens with zero attached hydrogens (tertiary/aromatic N) is 3. The van der Waals surface area contributed by atoms with Crippen LogP contribution in [0.3, 0.4) is 0 Å². The van der Waals surface area contributed by atoms with E-state index in [1.54, 1.807) is 0 Å². The minimum atomic E-state index is 0.0882. The van der Waals surface area contributed by atoms with Crippen molar-refractivity contribution < 1.29 is 4.79 Å². The molecule has 1 aromatic heterocycles. The molecule has 1 saturated carbocycles. The summed E-state index contributed by atoms with van der Waals surface area (Å²) in [6.45, 7) is 11.8. The molecule has 1 aromatic rings. The molecule has 1 atom stereocenters. The summed E-state index contributed by atoms with van der Waals surface area (Å²) < 4.78 is 0. The fourth-order valence-corrected chi connectivity index (χ4v) is 4.73. The number of likely N-dealkylation sites (tertiary alicyclic amines) is 2. The van der Waals surface area contributed by atoms with Crippen LogP contribution in [0, 0.1) is 11.3 Å². The molecule has 0 aromatic carbocycles. The van der Waals surface area contributed by atoms with Crippen molar-refractivity contribution in [3.05, 3.63) is 17.5 Å². The maximum Gasteiger partial charge on any atom is 0.222 e. The quantitative estimate of drug-likeness (QED) is 0.898. The Morgan fingerprint density at radius 1 is 1.27 bits per heavy atom. The first-order valence-corrected chi connectivity index (χ1v) is 10.4. The largest absolute Gasteiger partial charge is 0.342 e. The van der Waals surface area contributed by atoms with Gasteiger partial charge in [0.05, 0.1) is 5.69 Å². The first-order chi connectivity index (χ1) is 12.3. The van der Waals surface area contributed by atoms with Crippen LogP contribution in [0.4, 0.5) is 0 Å². The van der Waals surface area contributed by atoms with Crippen molar-refractivity contribution >= 4 is 5.91 Å². The first kappa shape index (κ1) is 18.0. The van der Waals surface area contributed by atoms with Crippen LogP contribution in [0.25, 0.3) is 0 Å². The van der Waals surface area contributed by atoms with Crippen molar-refractivity contribution in [3.8, 4) is 0 Å². The van der Waals surface area contributed by atoms with E-state index in [0.29, 0.717) is 11.3 Å². The van der Waals surface area contributed by atoms with Gasteiger partial charge in [-0.2, -0.15) is 5.10 Å². The SMILES string of the molecule is CC(C)(C)c1cc(CN2CCCC3(CCC(=O)N(CC4CC4)C3)C2)[nH]n1. The highest BCUT2D eigenvalue weighted by molar-refractivity contribution is 5.77. The summed E-state index contributed by atoms with van der Waals surface area (Å²) >= 11 is 0. The maximum absolute atomic E-state index is 12.4. The van der Waals surface area contributed by atoms with E-state index in [1.165, 1.54) is 31.4 Å². The number of piperidine rings is 2. The monoisotopic (exact) mass is 358 g/mol. The second-order valence-corrected chi connectivity index (χ2v) is 10.1. The molecule has 2 aliphatic heterocycles. The van der Waals surface area contributed by atoms with Crippen LogP contribution < -0.4 is 0 Å². The lowest BCUT2D eigenvalue weighted by atomic mass is 9.73. The average molecular weight is 359 g/mol. The second kappa shape index (κ2) is 6.66. The van der Waals surface area contributed by atoms with Gasteiger partial charge in [-0.05, 0) is 50.6 Å². The van der Waals surface area contributed by atoms with Crippen molar-refractivity contribution in [1.82, 2.24) is 20.0 Å². The van der Waals surface area contributed by atoms with Gasteiger partial charge < -0.3 is 4.90 Å². The highest BCUT2D eigenvalue weighted by Gasteiger charge is 2.42. The number of hydrogen-bond donors (Lipinski definition) is 1. The van der Waals surface area contributed by atoms with Crippen molar-refractivity contribution in [3.63, 3.8) is 0 Å². The van der Waals surface area contributed by atoms with E-state index in [2.05, 4.69) is 46.8 Å². The maximum atomic E-state index is 12.4. The summed E-state index contributed by atoms with van der Waals surface area (Å²) in [4.78, 5) is 17.1. The highest BCUT2D eigenvalue weighted by atomic mass is 16.2. The Balaban J connectivity index is 1.40. The third kappa shape index (κ3) is 3.98. The zero-order valence-electron chi connectivity index (χ0n) is 16.7. The van der Waals surface area contributed by atoms with Gasteiger partial charge in [0.2, 0.25) is 5.91 Å². The van der Waals surface area contributed by atoms with Gasteiger partial charge in [0, 0.05) is 49.1 Å². The molecule has 5 heteroatoms. The fraction of sp³-hybridized carbons (Fsp3) is 0.810. The lowest BCUT2D eigenvalue weighted by molar-refractivity contribution is -0.139. The number of carbonyl (C=O) groups excluding carboxylic acids is 1. The van der Waals surface area contributed by atoms with E-state index in [9.17, 15) is 4.79 Å². The van der Waals surface area contributed by atoms with E-state index >= 15 is 0 Å². The Labute approximate surface area is 157 Å². The molecular formula is C21H34N4O. The Hall–Kier alpha value is -1.36. The summed E-state index contributed by atoms with van der Waals surface area (Å²) in [5.41, 5.74) is 2.76. The molecule has 1 aliphatic carbocycles. The minimum Gasteiger partial charge on any atom is -0.342 e. The molecule has 3 heterocycles. The zero-order chi connectivity index (χ0) is 18.4. The molecule has 1 amide bonds. The van der Waals surface area contributed by atoms with E-state index in [4.69, 9.17) is 0 Å². The van der Waals surface area contributed by atoms with Gasteiger partial charge in [-0.15, -0.1) is 0 Å². The third-order valence-electron chi connectivity index (χ3n) is 6.46. The third-order valence-corrected chi connectivity index (χ3v) is 6.46. The van der Waals surface area contributed by atoms with Crippen LogP contribution >= 0.6 is 0 Å². The van der Waals surface area contributed by atoms with Gasteiger partial charge in [0.15, 0.2) is 0 Å². The topological polar surface area (TPSA) is 52.2 Å². The summed E-state index contributed by atoms with van der Waals surface area (Å²) in [7, 11) is 0. The van der Waals surface area contributed by atoms with Crippen LogP contribution in [0.15, 0.2) is 6.07 Å². The molecule has 3 aliphatic rings. The van der Waals surface area contributed by atoms with Crippen molar-refractivity contribution in [1.29, 1.82) is 0 Å². The van der Waals surface area contributed by atoms with E-state index < -0.39 is 0 Å². The predicted octanol–water partition coefficient (Wildman–Crippen LogP) is 3.32. The van der Waals surface area contributed by atoms with E-state index in [0.717, 1.165) is 57.2 Å². The van der Waals surface area contributed by atoms with Crippen LogP contribution in [-0.4, -0.2) is 52.1 Å². The van der Waals surface area contributed by atoms with Crippen molar-refractivity contribution in [2.24, 2.45) is 11.3 Å². The smallest absolute Gasteiger partial charge is 0.222 e. The number of H-pyrrole nitrogens is 1. The molecule has 0 radical (unpaired) electrons. The number of rotatable bonds is 4. The molecular weight excluding hydrogens is 324 g/mol. The Bertz CT molecular complexity index is 657. The predicted molar refractivity (Wildman–Crippen MR) is 103 cm³/mol.